The van der Waals surface area contributed by atoms with Crippen LogP contribution in [0, 0.1) is 5.92 Å². The van der Waals surface area contributed by atoms with Crippen molar-refractivity contribution < 1.29 is 19.1 Å². The van der Waals surface area contributed by atoms with Crippen molar-refractivity contribution in [1.29, 1.82) is 0 Å². The Labute approximate surface area is 169 Å². The van der Waals surface area contributed by atoms with Crippen LogP contribution in [0.3, 0.4) is 0 Å². The number of ether oxygens (including phenoxy) is 1. The monoisotopic (exact) mass is 393 g/mol. The predicted molar refractivity (Wildman–Crippen MR) is 110 cm³/mol. The van der Waals surface area contributed by atoms with Crippen LogP contribution in [0.4, 0.5) is 17.1 Å². The first-order valence-electron chi connectivity index (χ1n) is 9.76. The smallest absolute Gasteiger partial charge is 0.314 e. The minimum atomic E-state index is -0.776. The summed E-state index contributed by atoms with van der Waals surface area (Å²) in [5.74, 6) is -0.679. The van der Waals surface area contributed by atoms with Gasteiger partial charge in [-0.1, -0.05) is 12.1 Å². The lowest BCUT2D eigenvalue weighted by atomic mass is 10.0. The Morgan fingerprint density at radius 3 is 2.41 bits per heavy atom. The molecule has 1 aliphatic heterocycles. The molecule has 3 amide bonds. The average molecular weight is 393 g/mol. The third kappa shape index (κ3) is 4.23. The van der Waals surface area contributed by atoms with Crippen molar-refractivity contribution in [1.82, 2.24) is 0 Å². The van der Waals surface area contributed by atoms with E-state index in [1.807, 2.05) is 11.0 Å². The number of carbonyl (C=O) groups is 3. The van der Waals surface area contributed by atoms with E-state index in [-0.39, 0.29) is 11.8 Å². The van der Waals surface area contributed by atoms with Gasteiger partial charge in [0.2, 0.25) is 5.91 Å². The van der Waals surface area contributed by atoms with Gasteiger partial charge in [-0.3, -0.25) is 14.4 Å². The first kappa shape index (κ1) is 19.0. The predicted octanol–water partition coefficient (Wildman–Crippen LogP) is 2.96. The van der Waals surface area contributed by atoms with Crippen LogP contribution in [0.15, 0.2) is 42.5 Å². The minimum Gasteiger partial charge on any atom is -0.497 e. The molecular weight excluding hydrogens is 370 g/mol. The summed E-state index contributed by atoms with van der Waals surface area (Å²) in [7, 11) is 1.53. The number of methoxy groups -OCH3 is 1. The van der Waals surface area contributed by atoms with E-state index >= 15 is 0 Å². The van der Waals surface area contributed by atoms with Crippen LogP contribution in [-0.4, -0.2) is 31.4 Å². The summed E-state index contributed by atoms with van der Waals surface area (Å²) < 4.78 is 5.11. The number of nitrogens with zero attached hydrogens (tertiary/aromatic N) is 1. The zero-order chi connectivity index (χ0) is 20.4. The van der Waals surface area contributed by atoms with Gasteiger partial charge in [0, 0.05) is 35.6 Å². The van der Waals surface area contributed by atoms with Gasteiger partial charge in [-0.05, 0) is 55.5 Å². The summed E-state index contributed by atoms with van der Waals surface area (Å²) in [6.45, 7) is 0.691. The van der Waals surface area contributed by atoms with E-state index in [9.17, 15) is 14.4 Å². The summed E-state index contributed by atoms with van der Waals surface area (Å²) in [5, 5.41) is 5.18. The molecule has 7 heteroatoms. The molecule has 4 rings (SSSR count). The quantitative estimate of drug-likeness (QED) is 0.782. The summed E-state index contributed by atoms with van der Waals surface area (Å²) in [5.41, 5.74) is 2.88. The van der Waals surface area contributed by atoms with Crippen molar-refractivity contribution in [2.75, 3.05) is 29.2 Å². The molecule has 150 valence electrons. The van der Waals surface area contributed by atoms with E-state index in [0.717, 1.165) is 36.9 Å². The standard InChI is InChI=1S/C22H23N3O4/c1-29-18-6-2-5-16(12-18)23-20(26)21(27)24-17-10-9-14-4-3-11-25(19(14)13-17)22(28)15-7-8-15/h2,5-6,9-10,12-13,15H,3-4,7-8,11H2,1H3,(H,23,26)(H,24,27). The van der Waals surface area contributed by atoms with Gasteiger partial charge in [-0.25, -0.2) is 0 Å². The van der Waals surface area contributed by atoms with Crippen molar-refractivity contribution in [3.05, 3.63) is 48.0 Å². The number of hydrogen-bond acceptors (Lipinski definition) is 4. The minimum absolute atomic E-state index is 0.132. The highest BCUT2D eigenvalue weighted by molar-refractivity contribution is 6.43. The maximum absolute atomic E-state index is 12.6. The third-order valence-electron chi connectivity index (χ3n) is 5.19. The molecule has 1 saturated carbocycles. The van der Waals surface area contributed by atoms with E-state index in [1.54, 1.807) is 36.4 Å². The maximum atomic E-state index is 12.6. The molecular formula is C22H23N3O4. The van der Waals surface area contributed by atoms with Crippen molar-refractivity contribution in [3.8, 4) is 5.75 Å². The van der Waals surface area contributed by atoms with Gasteiger partial charge in [0.15, 0.2) is 0 Å². The lowest BCUT2D eigenvalue weighted by molar-refractivity contribution is -0.132. The number of rotatable bonds is 4. The van der Waals surface area contributed by atoms with Gasteiger partial charge in [-0.2, -0.15) is 0 Å². The topological polar surface area (TPSA) is 87.7 Å². The number of aryl methyl sites for hydroxylation is 1. The molecule has 0 bridgehead atoms. The molecule has 2 aromatic rings. The molecule has 1 heterocycles. The van der Waals surface area contributed by atoms with Crippen molar-refractivity contribution in [2.45, 2.75) is 25.7 Å². The summed E-state index contributed by atoms with van der Waals surface area (Å²) in [4.78, 5) is 39.0. The Morgan fingerprint density at radius 1 is 1.00 bits per heavy atom. The summed E-state index contributed by atoms with van der Waals surface area (Å²) >= 11 is 0. The first-order valence-corrected chi connectivity index (χ1v) is 9.76. The second-order valence-electron chi connectivity index (χ2n) is 7.35. The highest BCUT2D eigenvalue weighted by Gasteiger charge is 2.35. The number of benzene rings is 2. The van der Waals surface area contributed by atoms with Crippen LogP contribution in [0.25, 0.3) is 0 Å². The second kappa shape index (κ2) is 7.95. The lowest BCUT2D eigenvalue weighted by Crippen LogP contribution is -2.36. The first-order chi connectivity index (χ1) is 14.0. The molecule has 2 N–H and O–H groups in total. The van der Waals surface area contributed by atoms with Crippen LogP contribution < -0.4 is 20.3 Å². The van der Waals surface area contributed by atoms with Crippen LogP contribution >= 0.6 is 0 Å². The molecule has 0 aromatic heterocycles. The van der Waals surface area contributed by atoms with Gasteiger partial charge < -0.3 is 20.3 Å². The lowest BCUT2D eigenvalue weighted by Gasteiger charge is -2.30. The van der Waals surface area contributed by atoms with Crippen LogP contribution in [0.2, 0.25) is 0 Å². The highest BCUT2D eigenvalue weighted by Crippen LogP contribution is 2.36. The van der Waals surface area contributed by atoms with Gasteiger partial charge >= 0.3 is 11.8 Å². The SMILES string of the molecule is COc1cccc(NC(=O)C(=O)Nc2ccc3c(c2)N(C(=O)C2CC2)CCC3)c1. The zero-order valence-corrected chi connectivity index (χ0v) is 16.2. The average Bonchev–Trinajstić information content (AvgIpc) is 3.58. The molecule has 29 heavy (non-hydrogen) atoms. The fourth-order valence-corrected chi connectivity index (χ4v) is 3.51. The normalized spacial score (nSPS) is 15.3. The molecule has 7 nitrogen and oxygen atoms in total. The number of amides is 3. The highest BCUT2D eigenvalue weighted by atomic mass is 16.5. The fourth-order valence-electron chi connectivity index (χ4n) is 3.51. The van der Waals surface area contributed by atoms with Gasteiger partial charge in [0.1, 0.15) is 5.75 Å². The maximum Gasteiger partial charge on any atom is 0.314 e. The largest absolute Gasteiger partial charge is 0.497 e. The number of anilines is 3. The van der Waals surface area contributed by atoms with Crippen LogP contribution in [0.1, 0.15) is 24.8 Å². The second-order valence-corrected chi connectivity index (χ2v) is 7.35. The third-order valence-corrected chi connectivity index (χ3v) is 5.19. The summed E-state index contributed by atoms with van der Waals surface area (Å²) in [6, 6.07) is 12.2. The van der Waals surface area contributed by atoms with Crippen LogP contribution in [-0.2, 0) is 20.8 Å². The Hall–Kier alpha value is -3.35. The number of hydrogen-bond donors (Lipinski definition) is 2. The van der Waals surface area contributed by atoms with Gasteiger partial charge in [0.05, 0.1) is 7.11 Å². The van der Waals surface area contributed by atoms with E-state index in [0.29, 0.717) is 23.7 Å². The summed E-state index contributed by atoms with van der Waals surface area (Å²) in [6.07, 6.45) is 3.73. The Kier molecular flexibility index (Phi) is 5.20. The van der Waals surface area contributed by atoms with E-state index in [2.05, 4.69) is 10.6 Å². The van der Waals surface area contributed by atoms with E-state index < -0.39 is 11.8 Å². The number of fused-ring (bicyclic) bond motifs is 1. The van der Waals surface area contributed by atoms with Crippen molar-refractivity contribution in [3.63, 3.8) is 0 Å². The molecule has 0 saturated heterocycles. The fraction of sp³-hybridized carbons (Fsp3) is 0.318. The molecule has 0 unspecified atom stereocenters. The number of carbonyl (C=O) groups excluding carboxylic acids is 3. The molecule has 0 radical (unpaired) electrons. The van der Waals surface area contributed by atoms with E-state index in [1.165, 1.54) is 7.11 Å². The Morgan fingerprint density at radius 2 is 1.72 bits per heavy atom. The van der Waals surface area contributed by atoms with E-state index in [4.69, 9.17) is 4.74 Å². The molecule has 2 aromatic carbocycles. The number of nitrogens with one attached hydrogen (secondary N) is 2. The molecule has 0 atom stereocenters. The Bertz CT molecular complexity index is 968. The molecule has 1 fully saturated rings. The van der Waals surface area contributed by atoms with Crippen LogP contribution in [0.5, 0.6) is 5.75 Å². The van der Waals surface area contributed by atoms with Crippen molar-refractivity contribution >= 4 is 34.8 Å². The van der Waals surface area contributed by atoms with Crippen molar-refractivity contribution in [2.24, 2.45) is 5.92 Å². The van der Waals surface area contributed by atoms with Gasteiger partial charge in [0.25, 0.3) is 0 Å². The molecule has 0 spiro atoms. The zero-order valence-electron chi connectivity index (χ0n) is 16.2. The molecule has 1 aliphatic carbocycles. The Balaban J connectivity index is 1.46. The molecule has 2 aliphatic rings. The van der Waals surface area contributed by atoms with Gasteiger partial charge in [-0.15, -0.1) is 0 Å².